The minimum absolute atomic E-state index is 0.248. The third-order valence-electron chi connectivity index (χ3n) is 5.59. The van der Waals surface area contributed by atoms with Gasteiger partial charge < -0.3 is 24.3 Å². The van der Waals surface area contributed by atoms with Crippen molar-refractivity contribution in [3.05, 3.63) is 48.6 Å². The zero-order valence-electron chi connectivity index (χ0n) is 14.7. The number of ether oxygens (including phenoxy) is 2. The first-order chi connectivity index (χ1) is 12.4. The van der Waals surface area contributed by atoms with Gasteiger partial charge in [0.25, 0.3) is 0 Å². The van der Waals surface area contributed by atoms with Gasteiger partial charge in [-0.05, 0) is 37.6 Å². The molecule has 26 heavy (non-hydrogen) atoms. The van der Waals surface area contributed by atoms with E-state index in [1.54, 1.807) is 42.4 Å². The van der Waals surface area contributed by atoms with Crippen LogP contribution in [0, 0.1) is 11.8 Å². The minimum atomic E-state index is -1.25. The second-order valence-corrected chi connectivity index (χ2v) is 7.20. The second kappa shape index (κ2) is 5.71. The number of fused-ring (bicyclic) bond motifs is 1. The summed E-state index contributed by atoms with van der Waals surface area (Å²) in [4.78, 5) is 26.6. The molecule has 0 radical (unpaired) electrons. The van der Waals surface area contributed by atoms with E-state index < -0.39 is 29.5 Å². The maximum atomic E-state index is 13.3. The Hall–Kier alpha value is -2.60. The Morgan fingerprint density at radius 1 is 1.38 bits per heavy atom. The molecule has 1 spiro atoms. The summed E-state index contributed by atoms with van der Waals surface area (Å²) in [6, 6.07) is 6.79. The van der Waals surface area contributed by atoms with Crippen LogP contribution in [0.25, 0.3) is 0 Å². The number of amides is 1. The summed E-state index contributed by atoms with van der Waals surface area (Å²) >= 11 is 0. The number of methoxy groups -OCH3 is 1. The SMILES string of the molecule is C=C(C)C[C@@H]1N(c2ccc(OC)cc2)C(=O)[C@@H]2[C@H](C(=O)[O-])[C@@H]3C=C[C@]21O3. The van der Waals surface area contributed by atoms with Gasteiger partial charge >= 0.3 is 0 Å². The first-order valence-corrected chi connectivity index (χ1v) is 8.58. The maximum absolute atomic E-state index is 13.3. The molecule has 6 heteroatoms. The van der Waals surface area contributed by atoms with Gasteiger partial charge in [0.05, 0.1) is 25.2 Å². The van der Waals surface area contributed by atoms with Gasteiger partial charge in [0.1, 0.15) is 11.4 Å². The summed E-state index contributed by atoms with van der Waals surface area (Å²) < 4.78 is 11.3. The Balaban J connectivity index is 1.81. The van der Waals surface area contributed by atoms with Gasteiger partial charge in [0.2, 0.25) is 5.91 Å². The number of carboxylic acids is 1. The second-order valence-electron chi connectivity index (χ2n) is 7.20. The molecule has 1 aromatic carbocycles. The van der Waals surface area contributed by atoms with Gasteiger partial charge in [-0.25, -0.2) is 0 Å². The summed E-state index contributed by atoms with van der Waals surface area (Å²) in [6.07, 6.45) is 3.51. The van der Waals surface area contributed by atoms with Gasteiger partial charge in [0, 0.05) is 17.6 Å². The highest BCUT2D eigenvalue weighted by atomic mass is 16.5. The molecule has 4 rings (SSSR count). The summed E-state index contributed by atoms with van der Waals surface area (Å²) in [5.74, 6) is -2.56. The molecule has 3 heterocycles. The fourth-order valence-electron chi connectivity index (χ4n) is 4.55. The number of carbonyl (C=O) groups excluding carboxylic acids is 2. The van der Waals surface area contributed by atoms with Crippen molar-refractivity contribution in [2.45, 2.75) is 31.1 Å². The van der Waals surface area contributed by atoms with Crippen molar-refractivity contribution in [3.8, 4) is 5.75 Å². The molecular weight excluding hydrogens is 334 g/mol. The van der Waals surface area contributed by atoms with Crippen LogP contribution >= 0.6 is 0 Å². The number of benzene rings is 1. The average Bonchev–Trinajstić information content (AvgIpc) is 3.24. The monoisotopic (exact) mass is 354 g/mol. The van der Waals surface area contributed by atoms with Crippen LogP contribution in [0.15, 0.2) is 48.6 Å². The van der Waals surface area contributed by atoms with Gasteiger partial charge in [0.15, 0.2) is 0 Å². The van der Waals surface area contributed by atoms with Crippen LogP contribution in [0.2, 0.25) is 0 Å². The number of rotatable bonds is 5. The molecule has 0 N–H and O–H groups in total. The highest BCUT2D eigenvalue weighted by Gasteiger charge is 2.69. The lowest BCUT2D eigenvalue weighted by molar-refractivity contribution is -0.313. The van der Waals surface area contributed by atoms with Gasteiger partial charge in [-0.1, -0.05) is 17.7 Å². The fraction of sp³-hybridized carbons (Fsp3) is 0.400. The summed E-state index contributed by atoms with van der Waals surface area (Å²) in [5, 5.41) is 11.7. The molecule has 2 fully saturated rings. The van der Waals surface area contributed by atoms with E-state index in [0.29, 0.717) is 17.9 Å². The molecular formula is C20H20NO5-. The number of anilines is 1. The Bertz CT molecular complexity index is 814. The van der Waals surface area contributed by atoms with E-state index in [1.165, 1.54) is 0 Å². The first-order valence-electron chi connectivity index (χ1n) is 8.58. The van der Waals surface area contributed by atoms with Crippen molar-refractivity contribution in [2.24, 2.45) is 11.8 Å². The number of carbonyl (C=O) groups is 2. The molecule has 0 aliphatic carbocycles. The number of nitrogens with zero attached hydrogens (tertiary/aromatic N) is 1. The van der Waals surface area contributed by atoms with Crippen LogP contribution < -0.4 is 14.7 Å². The van der Waals surface area contributed by atoms with Crippen molar-refractivity contribution in [1.82, 2.24) is 0 Å². The van der Waals surface area contributed by atoms with E-state index >= 15 is 0 Å². The zero-order chi connectivity index (χ0) is 18.6. The quantitative estimate of drug-likeness (QED) is 0.739. The van der Waals surface area contributed by atoms with E-state index in [-0.39, 0.29) is 11.9 Å². The highest BCUT2D eigenvalue weighted by molar-refractivity contribution is 6.03. The van der Waals surface area contributed by atoms with Crippen LogP contribution in [0.1, 0.15) is 13.3 Å². The van der Waals surface area contributed by atoms with Crippen LogP contribution in [0.5, 0.6) is 5.75 Å². The van der Waals surface area contributed by atoms with Crippen molar-refractivity contribution >= 4 is 17.6 Å². The molecule has 3 aliphatic heterocycles. The third kappa shape index (κ3) is 2.15. The van der Waals surface area contributed by atoms with Crippen molar-refractivity contribution in [1.29, 1.82) is 0 Å². The van der Waals surface area contributed by atoms with Crippen LogP contribution in [0.3, 0.4) is 0 Å². The predicted octanol–water partition coefficient (Wildman–Crippen LogP) is 1.07. The molecule has 2 saturated heterocycles. The van der Waals surface area contributed by atoms with Crippen LogP contribution in [0.4, 0.5) is 5.69 Å². The minimum Gasteiger partial charge on any atom is -0.550 e. The molecule has 0 aromatic heterocycles. The standard InChI is InChI=1S/C20H21NO5/c1-11(2)10-15-20-9-8-14(26-20)16(19(23)24)17(20)18(22)21(15)12-4-6-13(25-3)7-5-12/h4-9,14-17H,1,10H2,2-3H3,(H,23,24)/p-1/t14-,15-,16+,17-,20+/m0/s1. The molecule has 6 nitrogen and oxygen atoms in total. The average molecular weight is 354 g/mol. The smallest absolute Gasteiger partial charge is 0.234 e. The molecule has 3 aliphatic rings. The summed E-state index contributed by atoms with van der Waals surface area (Å²) in [6.45, 7) is 5.87. The van der Waals surface area contributed by atoms with E-state index in [9.17, 15) is 14.7 Å². The van der Waals surface area contributed by atoms with Crippen molar-refractivity contribution < 1.29 is 24.2 Å². The van der Waals surface area contributed by atoms with Gasteiger partial charge in [-0.2, -0.15) is 0 Å². The predicted molar refractivity (Wildman–Crippen MR) is 92.4 cm³/mol. The van der Waals surface area contributed by atoms with E-state index in [2.05, 4.69) is 6.58 Å². The van der Waals surface area contributed by atoms with E-state index in [1.807, 2.05) is 13.0 Å². The Morgan fingerprint density at radius 3 is 2.65 bits per heavy atom. The Kier molecular flexibility index (Phi) is 3.70. The van der Waals surface area contributed by atoms with Crippen LogP contribution in [-0.4, -0.2) is 36.7 Å². The molecule has 5 atom stereocenters. The lowest BCUT2D eigenvalue weighted by Gasteiger charge is -2.33. The lowest BCUT2D eigenvalue weighted by atomic mass is 9.74. The largest absolute Gasteiger partial charge is 0.550 e. The third-order valence-corrected chi connectivity index (χ3v) is 5.59. The fourth-order valence-corrected chi connectivity index (χ4v) is 4.55. The topological polar surface area (TPSA) is 78.9 Å². The number of hydrogen-bond acceptors (Lipinski definition) is 5. The molecule has 0 unspecified atom stereocenters. The maximum Gasteiger partial charge on any atom is 0.234 e. The number of carboxylic acid groups (broad SMARTS) is 1. The lowest BCUT2D eigenvalue weighted by Crippen LogP contribution is -2.46. The first kappa shape index (κ1) is 16.8. The molecule has 0 saturated carbocycles. The number of hydrogen-bond donors (Lipinski definition) is 0. The zero-order valence-corrected chi connectivity index (χ0v) is 14.7. The number of aliphatic carboxylic acids is 1. The molecule has 136 valence electrons. The molecule has 1 aromatic rings. The summed E-state index contributed by atoms with van der Waals surface area (Å²) in [5.41, 5.74) is 0.628. The highest BCUT2D eigenvalue weighted by Crippen LogP contribution is 2.56. The molecule has 1 amide bonds. The normalized spacial score (nSPS) is 34.2. The van der Waals surface area contributed by atoms with Crippen molar-refractivity contribution in [2.75, 3.05) is 12.0 Å². The van der Waals surface area contributed by atoms with Crippen molar-refractivity contribution in [3.63, 3.8) is 0 Å². The van der Waals surface area contributed by atoms with Gasteiger partial charge in [-0.3, -0.25) is 4.79 Å². The van der Waals surface area contributed by atoms with E-state index in [0.717, 1.165) is 5.57 Å². The molecule has 2 bridgehead atoms. The van der Waals surface area contributed by atoms with Crippen LogP contribution in [-0.2, 0) is 14.3 Å². The van der Waals surface area contributed by atoms with Gasteiger partial charge in [-0.15, -0.1) is 6.58 Å². The Labute approximate surface area is 151 Å². The van der Waals surface area contributed by atoms with E-state index in [4.69, 9.17) is 9.47 Å². The summed E-state index contributed by atoms with van der Waals surface area (Å²) in [7, 11) is 1.57. The Morgan fingerprint density at radius 2 is 2.08 bits per heavy atom.